The second-order valence-corrected chi connectivity index (χ2v) is 6.85. The SMILES string of the molecule is N#Cc1ccc(Nc2ccc(NS(=O)(=O)c3ccccc3)nc2)cc1. The van der Waals surface area contributed by atoms with E-state index in [2.05, 4.69) is 21.1 Å². The van der Waals surface area contributed by atoms with E-state index in [0.29, 0.717) is 11.3 Å². The molecular formula is C18H14N4O2S. The van der Waals surface area contributed by atoms with E-state index in [4.69, 9.17) is 5.26 Å². The predicted molar refractivity (Wildman–Crippen MR) is 95.9 cm³/mol. The van der Waals surface area contributed by atoms with Gasteiger partial charge in [0, 0.05) is 5.69 Å². The van der Waals surface area contributed by atoms with E-state index in [1.54, 1.807) is 54.6 Å². The summed E-state index contributed by atoms with van der Waals surface area (Å²) in [5.41, 5.74) is 2.08. The van der Waals surface area contributed by atoms with Crippen molar-refractivity contribution in [2.75, 3.05) is 10.0 Å². The van der Waals surface area contributed by atoms with Crippen LogP contribution in [0, 0.1) is 11.3 Å². The van der Waals surface area contributed by atoms with E-state index in [0.717, 1.165) is 5.69 Å². The fourth-order valence-corrected chi connectivity index (χ4v) is 3.15. The number of aromatic nitrogens is 1. The first-order valence-electron chi connectivity index (χ1n) is 7.38. The highest BCUT2D eigenvalue weighted by atomic mass is 32.2. The molecule has 25 heavy (non-hydrogen) atoms. The molecule has 6 nitrogen and oxygen atoms in total. The van der Waals surface area contributed by atoms with E-state index in [1.807, 2.05) is 0 Å². The number of pyridine rings is 1. The van der Waals surface area contributed by atoms with Crippen molar-refractivity contribution in [2.45, 2.75) is 4.90 Å². The maximum absolute atomic E-state index is 12.2. The molecule has 3 rings (SSSR count). The fourth-order valence-electron chi connectivity index (χ4n) is 2.12. The molecular weight excluding hydrogens is 336 g/mol. The van der Waals surface area contributed by atoms with E-state index < -0.39 is 10.0 Å². The molecule has 0 aliphatic rings. The molecule has 0 saturated carbocycles. The minimum atomic E-state index is -3.66. The molecule has 0 radical (unpaired) electrons. The van der Waals surface area contributed by atoms with Gasteiger partial charge in [0.15, 0.2) is 0 Å². The number of anilines is 3. The molecule has 0 bridgehead atoms. The third-order valence-electron chi connectivity index (χ3n) is 3.36. The summed E-state index contributed by atoms with van der Waals surface area (Å²) in [5, 5.41) is 11.9. The van der Waals surface area contributed by atoms with Gasteiger partial charge in [-0.3, -0.25) is 4.72 Å². The number of nitrogens with one attached hydrogen (secondary N) is 2. The molecule has 0 fully saturated rings. The average molecular weight is 350 g/mol. The first kappa shape index (κ1) is 16.5. The quantitative estimate of drug-likeness (QED) is 0.734. The van der Waals surface area contributed by atoms with Gasteiger partial charge in [0.1, 0.15) is 5.82 Å². The molecule has 0 spiro atoms. The first-order chi connectivity index (χ1) is 12.1. The minimum absolute atomic E-state index is 0.177. The number of nitriles is 1. The van der Waals surface area contributed by atoms with Gasteiger partial charge < -0.3 is 5.32 Å². The third-order valence-corrected chi connectivity index (χ3v) is 4.73. The van der Waals surface area contributed by atoms with Gasteiger partial charge in [-0.15, -0.1) is 0 Å². The Hall–Kier alpha value is -3.37. The van der Waals surface area contributed by atoms with Crippen molar-refractivity contribution in [1.29, 1.82) is 5.26 Å². The Morgan fingerprint density at radius 1 is 0.880 bits per heavy atom. The van der Waals surface area contributed by atoms with Gasteiger partial charge in [0.05, 0.1) is 28.4 Å². The van der Waals surface area contributed by atoms with Gasteiger partial charge in [0.25, 0.3) is 10.0 Å². The Labute approximate surface area is 145 Å². The number of sulfonamides is 1. The van der Waals surface area contributed by atoms with Crippen LogP contribution >= 0.6 is 0 Å². The van der Waals surface area contributed by atoms with Crippen LogP contribution in [0.1, 0.15) is 5.56 Å². The van der Waals surface area contributed by atoms with Crippen LogP contribution < -0.4 is 10.0 Å². The van der Waals surface area contributed by atoms with E-state index >= 15 is 0 Å². The third kappa shape index (κ3) is 4.13. The number of hydrogen-bond acceptors (Lipinski definition) is 5. The van der Waals surface area contributed by atoms with Crippen LogP contribution in [0.25, 0.3) is 0 Å². The molecule has 3 aromatic rings. The highest BCUT2D eigenvalue weighted by Gasteiger charge is 2.13. The lowest BCUT2D eigenvalue weighted by Crippen LogP contribution is -2.13. The summed E-state index contributed by atoms with van der Waals surface area (Å²) in [6.07, 6.45) is 1.53. The smallest absolute Gasteiger partial charge is 0.263 e. The van der Waals surface area contributed by atoms with Crippen LogP contribution in [0.15, 0.2) is 77.8 Å². The topological polar surface area (TPSA) is 94.9 Å². The van der Waals surface area contributed by atoms with Crippen molar-refractivity contribution in [3.8, 4) is 6.07 Å². The maximum atomic E-state index is 12.2. The zero-order valence-corrected chi connectivity index (χ0v) is 13.9. The van der Waals surface area contributed by atoms with Gasteiger partial charge in [-0.1, -0.05) is 18.2 Å². The molecule has 2 N–H and O–H groups in total. The molecule has 1 heterocycles. The number of hydrogen-bond donors (Lipinski definition) is 2. The molecule has 0 saturated heterocycles. The molecule has 0 aliphatic heterocycles. The van der Waals surface area contributed by atoms with Crippen LogP contribution in [0.5, 0.6) is 0 Å². The van der Waals surface area contributed by atoms with Crippen LogP contribution in [0.4, 0.5) is 17.2 Å². The summed E-state index contributed by atoms with van der Waals surface area (Å²) < 4.78 is 26.9. The molecule has 2 aromatic carbocycles. The Balaban J connectivity index is 1.71. The number of nitrogens with zero attached hydrogens (tertiary/aromatic N) is 2. The Bertz CT molecular complexity index is 994. The monoisotopic (exact) mass is 350 g/mol. The van der Waals surface area contributed by atoms with Crippen molar-refractivity contribution in [1.82, 2.24) is 4.98 Å². The summed E-state index contributed by atoms with van der Waals surface area (Å²) in [6, 6.07) is 20.4. The normalized spacial score (nSPS) is 10.7. The molecule has 7 heteroatoms. The summed E-state index contributed by atoms with van der Waals surface area (Å²) in [7, 11) is -3.66. The van der Waals surface area contributed by atoms with Gasteiger partial charge >= 0.3 is 0 Å². The van der Waals surface area contributed by atoms with Gasteiger partial charge in [0.2, 0.25) is 0 Å². The summed E-state index contributed by atoms with van der Waals surface area (Å²) in [5.74, 6) is 0.231. The lowest BCUT2D eigenvalue weighted by Gasteiger charge is -2.09. The number of rotatable bonds is 5. The molecule has 0 atom stereocenters. The summed E-state index contributed by atoms with van der Waals surface area (Å²) >= 11 is 0. The van der Waals surface area contributed by atoms with Crippen molar-refractivity contribution >= 4 is 27.2 Å². The fraction of sp³-hybridized carbons (Fsp3) is 0. The molecule has 0 amide bonds. The van der Waals surface area contributed by atoms with Crippen molar-refractivity contribution in [2.24, 2.45) is 0 Å². The van der Waals surface area contributed by atoms with E-state index in [1.165, 1.54) is 18.3 Å². The largest absolute Gasteiger partial charge is 0.354 e. The average Bonchev–Trinajstić information content (AvgIpc) is 2.64. The first-order valence-corrected chi connectivity index (χ1v) is 8.86. The maximum Gasteiger partial charge on any atom is 0.263 e. The van der Waals surface area contributed by atoms with Crippen molar-refractivity contribution in [3.05, 3.63) is 78.5 Å². The highest BCUT2D eigenvalue weighted by molar-refractivity contribution is 7.92. The Morgan fingerprint density at radius 2 is 1.56 bits per heavy atom. The molecule has 1 aromatic heterocycles. The summed E-state index contributed by atoms with van der Waals surface area (Å²) in [4.78, 5) is 4.29. The lowest BCUT2D eigenvalue weighted by molar-refractivity contribution is 0.601. The summed E-state index contributed by atoms with van der Waals surface area (Å²) in [6.45, 7) is 0. The highest BCUT2D eigenvalue weighted by Crippen LogP contribution is 2.19. The van der Waals surface area contributed by atoms with Gasteiger partial charge in [-0.2, -0.15) is 5.26 Å². The second kappa shape index (κ2) is 7.03. The lowest BCUT2D eigenvalue weighted by atomic mass is 10.2. The van der Waals surface area contributed by atoms with Crippen LogP contribution in [0.3, 0.4) is 0 Å². The second-order valence-electron chi connectivity index (χ2n) is 5.16. The van der Waals surface area contributed by atoms with E-state index in [9.17, 15) is 8.42 Å². The van der Waals surface area contributed by atoms with Crippen LogP contribution in [-0.2, 0) is 10.0 Å². The predicted octanol–water partition coefficient (Wildman–Crippen LogP) is 3.50. The molecule has 0 unspecified atom stereocenters. The Morgan fingerprint density at radius 3 is 2.16 bits per heavy atom. The van der Waals surface area contributed by atoms with E-state index in [-0.39, 0.29) is 10.7 Å². The standard InChI is InChI=1S/C18H14N4O2S/c19-12-14-6-8-15(9-7-14)21-16-10-11-18(20-13-16)22-25(23,24)17-4-2-1-3-5-17/h1-11,13,21H,(H,20,22). The van der Waals surface area contributed by atoms with Crippen molar-refractivity contribution < 1.29 is 8.42 Å². The Kier molecular flexibility index (Phi) is 4.64. The van der Waals surface area contributed by atoms with Gasteiger partial charge in [-0.25, -0.2) is 13.4 Å². The zero-order chi connectivity index (χ0) is 17.7. The molecule has 124 valence electrons. The number of benzene rings is 2. The van der Waals surface area contributed by atoms with Crippen LogP contribution in [0.2, 0.25) is 0 Å². The van der Waals surface area contributed by atoms with Crippen LogP contribution in [-0.4, -0.2) is 13.4 Å². The van der Waals surface area contributed by atoms with Crippen molar-refractivity contribution in [3.63, 3.8) is 0 Å². The zero-order valence-electron chi connectivity index (χ0n) is 13.0. The van der Waals surface area contributed by atoms with Gasteiger partial charge in [-0.05, 0) is 48.5 Å². The minimum Gasteiger partial charge on any atom is -0.354 e. The molecule has 0 aliphatic carbocycles.